The van der Waals surface area contributed by atoms with E-state index in [9.17, 15) is 5.11 Å². The minimum absolute atomic E-state index is 0. The van der Waals surface area contributed by atoms with Gasteiger partial charge in [0.2, 0.25) is 0 Å². The molecular formula is C18H30IN3O. The molecule has 0 saturated heterocycles. The molecule has 0 aliphatic rings. The summed E-state index contributed by atoms with van der Waals surface area (Å²) < 4.78 is 0. The molecule has 0 fully saturated rings. The average Bonchev–Trinajstić information content (AvgIpc) is 2.52. The number of guanidine groups is 1. The zero-order chi connectivity index (χ0) is 16.2. The normalized spacial score (nSPS) is 12.2. The highest BCUT2D eigenvalue weighted by atomic mass is 127. The molecule has 4 nitrogen and oxygen atoms in total. The van der Waals surface area contributed by atoms with Crippen molar-refractivity contribution in [3.05, 3.63) is 48.6 Å². The number of rotatable bonds is 9. The molecule has 1 aromatic rings. The quantitative estimate of drug-likeness (QED) is 0.208. The second kappa shape index (κ2) is 13.4. The number of nitrogens with one attached hydrogen (secondary N) is 1. The van der Waals surface area contributed by atoms with Gasteiger partial charge < -0.3 is 15.3 Å². The molecule has 1 aromatic carbocycles. The van der Waals surface area contributed by atoms with E-state index in [0.29, 0.717) is 13.0 Å². The maximum atomic E-state index is 10.1. The van der Waals surface area contributed by atoms with Crippen molar-refractivity contribution < 1.29 is 5.11 Å². The molecule has 0 radical (unpaired) electrons. The Balaban J connectivity index is 0.00000484. The van der Waals surface area contributed by atoms with Crippen LogP contribution in [-0.4, -0.2) is 48.8 Å². The highest BCUT2D eigenvalue weighted by molar-refractivity contribution is 14.0. The lowest BCUT2D eigenvalue weighted by atomic mass is 10.1. The van der Waals surface area contributed by atoms with Gasteiger partial charge in [-0.3, -0.25) is 4.99 Å². The molecule has 0 saturated carbocycles. The molecule has 1 atom stereocenters. The number of aliphatic hydroxyl groups excluding tert-OH is 1. The average molecular weight is 431 g/mol. The first-order valence-corrected chi connectivity index (χ1v) is 7.99. The standard InChI is InChI=1S/C18H29N3O.HI/c1-4-6-10-13-21(3)18(19-5-2)20-15-17(22)14-16-11-8-7-9-12-16;/h4,7-9,11-12,17,22H,1,5-6,10,13-15H2,2-3H3,(H,19,20);1H. The smallest absolute Gasteiger partial charge is 0.193 e. The van der Waals surface area contributed by atoms with Crippen LogP contribution in [0.4, 0.5) is 0 Å². The third-order valence-corrected chi connectivity index (χ3v) is 3.36. The lowest BCUT2D eigenvalue weighted by Crippen LogP contribution is -2.40. The largest absolute Gasteiger partial charge is 0.391 e. The fraction of sp³-hybridized carbons (Fsp3) is 0.500. The molecule has 0 spiro atoms. The zero-order valence-corrected chi connectivity index (χ0v) is 16.6. The van der Waals surface area contributed by atoms with Gasteiger partial charge in [-0.2, -0.15) is 0 Å². The number of unbranched alkanes of at least 4 members (excludes halogenated alkanes) is 1. The molecule has 130 valence electrons. The number of aliphatic hydroxyl groups is 1. The Morgan fingerprint density at radius 1 is 1.39 bits per heavy atom. The zero-order valence-electron chi connectivity index (χ0n) is 14.2. The summed E-state index contributed by atoms with van der Waals surface area (Å²) in [5.74, 6) is 0.846. The second-order valence-electron chi connectivity index (χ2n) is 5.39. The number of hydrogen-bond acceptors (Lipinski definition) is 2. The summed E-state index contributed by atoms with van der Waals surface area (Å²) in [6, 6.07) is 10.0. The maximum absolute atomic E-state index is 10.1. The van der Waals surface area contributed by atoms with Crippen LogP contribution in [0.1, 0.15) is 25.3 Å². The van der Waals surface area contributed by atoms with Crippen molar-refractivity contribution in [2.45, 2.75) is 32.3 Å². The summed E-state index contributed by atoms with van der Waals surface area (Å²) in [6.07, 6.45) is 4.15. The summed E-state index contributed by atoms with van der Waals surface area (Å²) in [4.78, 5) is 6.64. The molecule has 0 heterocycles. The lowest BCUT2D eigenvalue weighted by molar-refractivity contribution is 0.183. The van der Waals surface area contributed by atoms with Crippen molar-refractivity contribution in [1.82, 2.24) is 10.2 Å². The molecule has 0 amide bonds. The van der Waals surface area contributed by atoms with Gasteiger partial charge in [0.25, 0.3) is 0 Å². The van der Waals surface area contributed by atoms with Crippen LogP contribution in [-0.2, 0) is 6.42 Å². The Kier molecular flexibility index (Phi) is 12.7. The lowest BCUT2D eigenvalue weighted by Gasteiger charge is -2.22. The first-order valence-electron chi connectivity index (χ1n) is 7.99. The third-order valence-electron chi connectivity index (χ3n) is 3.36. The number of hydrogen-bond donors (Lipinski definition) is 2. The van der Waals surface area contributed by atoms with Crippen LogP contribution in [0, 0.1) is 0 Å². The molecule has 0 aliphatic heterocycles. The maximum Gasteiger partial charge on any atom is 0.193 e. The Bertz CT molecular complexity index is 451. The van der Waals surface area contributed by atoms with E-state index in [1.54, 1.807) is 0 Å². The Morgan fingerprint density at radius 3 is 2.70 bits per heavy atom. The van der Waals surface area contributed by atoms with E-state index in [-0.39, 0.29) is 24.0 Å². The van der Waals surface area contributed by atoms with Gasteiger partial charge in [-0.25, -0.2) is 0 Å². The molecule has 0 aliphatic carbocycles. The third kappa shape index (κ3) is 9.61. The van der Waals surface area contributed by atoms with E-state index in [1.807, 2.05) is 50.4 Å². The van der Waals surface area contributed by atoms with Gasteiger partial charge in [0.1, 0.15) is 0 Å². The number of aliphatic imine (C=N–C) groups is 1. The number of allylic oxidation sites excluding steroid dienone is 1. The van der Waals surface area contributed by atoms with Crippen LogP contribution in [0.25, 0.3) is 0 Å². The van der Waals surface area contributed by atoms with Crippen LogP contribution in [0.15, 0.2) is 48.0 Å². The summed E-state index contributed by atoms with van der Waals surface area (Å²) in [5.41, 5.74) is 1.13. The second-order valence-corrected chi connectivity index (χ2v) is 5.39. The highest BCUT2D eigenvalue weighted by Gasteiger charge is 2.08. The molecule has 2 N–H and O–H groups in total. The Hall–Kier alpha value is -1.08. The van der Waals surface area contributed by atoms with Crippen LogP contribution < -0.4 is 5.32 Å². The number of nitrogens with zero attached hydrogens (tertiary/aromatic N) is 2. The molecule has 23 heavy (non-hydrogen) atoms. The first-order chi connectivity index (χ1) is 10.7. The number of benzene rings is 1. The van der Waals surface area contributed by atoms with Crippen LogP contribution in [0.5, 0.6) is 0 Å². The minimum atomic E-state index is -0.461. The summed E-state index contributed by atoms with van der Waals surface area (Å²) in [6.45, 7) is 7.94. The first kappa shape index (κ1) is 21.9. The van der Waals surface area contributed by atoms with Crippen molar-refractivity contribution >= 4 is 29.9 Å². The van der Waals surface area contributed by atoms with E-state index in [1.165, 1.54) is 0 Å². The fourth-order valence-electron chi connectivity index (χ4n) is 2.19. The Labute approximate surface area is 157 Å². The molecule has 1 rings (SSSR count). The van der Waals surface area contributed by atoms with Crippen molar-refractivity contribution in [2.75, 3.05) is 26.7 Å². The van der Waals surface area contributed by atoms with Crippen molar-refractivity contribution in [3.63, 3.8) is 0 Å². The van der Waals surface area contributed by atoms with Gasteiger partial charge in [0, 0.05) is 26.6 Å². The highest BCUT2D eigenvalue weighted by Crippen LogP contribution is 2.03. The van der Waals surface area contributed by atoms with Crippen molar-refractivity contribution in [3.8, 4) is 0 Å². The summed E-state index contributed by atoms with van der Waals surface area (Å²) in [5, 5.41) is 13.4. The topological polar surface area (TPSA) is 47.9 Å². The fourth-order valence-corrected chi connectivity index (χ4v) is 2.19. The molecule has 5 heteroatoms. The monoisotopic (exact) mass is 431 g/mol. The Morgan fingerprint density at radius 2 is 2.09 bits per heavy atom. The summed E-state index contributed by atoms with van der Waals surface area (Å²) in [7, 11) is 2.02. The number of halogens is 1. The van der Waals surface area contributed by atoms with Crippen LogP contribution in [0.2, 0.25) is 0 Å². The predicted molar refractivity (Wildman–Crippen MR) is 110 cm³/mol. The van der Waals surface area contributed by atoms with E-state index >= 15 is 0 Å². The van der Waals surface area contributed by atoms with Crippen molar-refractivity contribution in [2.24, 2.45) is 4.99 Å². The SMILES string of the molecule is C=CCCCN(C)C(=NCC(O)Cc1ccccc1)NCC.I. The van der Waals surface area contributed by atoms with Gasteiger partial charge in [0.05, 0.1) is 12.6 Å². The van der Waals surface area contributed by atoms with Gasteiger partial charge in [-0.1, -0.05) is 36.4 Å². The van der Waals surface area contributed by atoms with Crippen molar-refractivity contribution in [1.29, 1.82) is 0 Å². The molecule has 0 aromatic heterocycles. The van der Waals surface area contributed by atoms with Crippen LogP contribution in [0.3, 0.4) is 0 Å². The summed E-state index contributed by atoms with van der Waals surface area (Å²) >= 11 is 0. The molecule has 1 unspecified atom stereocenters. The van der Waals surface area contributed by atoms with Gasteiger partial charge >= 0.3 is 0 Å². The van der Waals surface area contributed by atoms with E-state index < -0.39 is 6.10 Å². The van der Waals surface area contributed by atoms with Gasteiger partial charge in [-0.15, -0.1) is 30.6 Å². The predicted octanol–water partition coefficient (Wildman–Crippen LogP) is 3.07. The molecular weight excluding hydrogens is 401 g/mol. The van der Waals surface area contributed by atoms with E-state index in [2.05, 4.69) is 21.8 Å². The van der Waals surface area contributed by atoms with Gasteiger partial charge in [-0.05, 0) is 25.3 Å². The molecule has 0 bridgehead atoms. The van der Waals surface area contributed by atoms with Gasteiger partial charge in [0.15, 0.2) is 5.96 Å². The minimum Gasteiger partial charge on any atom is -0.391 e. The van der Waals surface area contributed by atoms with Crippen LogP contribution >= 0.6 is 24.0 Å². The van der Waals surface area contributed by atoms with E-state index in [4.69, 9.17) is 0 Å². The van der Waals surface area contributed by atoms with E-state index in [0.717, 1.165) is 37.5 Å².